The predicted molar refractivity (Wildman–Crippen MR) is 45.3 cm³/mol. The Morgan fingerprint density at radius 3 is 2.00 bits per heavy atom. The van der Waals surface area contributed by atoms with E-state index in [1.807, 2.05) is 13.8 Å². The van der Waals surface area contributed by atoms with E-state index < -0.39 is 5.97 Å². The molecule has 2 heteroatoms. The van der Waals surface area contributed by atoms with E-state index in [1.165, 1.54) is 0 Å². The van der Waals surface area contributed by atoms with Crippen molar-refractivity contribution in [1.82, 2.24) is 0 Å². The Labute approximate surface area is 74.0 Å². The molecular formula is C10H17O2-. The van der Waals surface area contributed by atoms with Gasteiger partial charge < -0.3 is 9.90 Å². The lowest BCUT2D eigenvalue weighted by Crippen LogP contribution is -2.41. The number of rotatable bonds is 1. The maximum absolute atomic E-state index is 10.8. The second-order valence-electron chi connectivity index (χ2n) is 5.02. The van der Waals surface area contributed by atoms with Gasteiger partial charge in [-0.05, 0) is 23.7 Å². The van der Waals surface area contributed by atoms with E-state index >= 15 is 0 Å². The van der Waals surface area contributed by atoms with Crippen LogP contribution in [0.5, 0.6) is 0 Å². The van der Waals surface area contributed by atoms with Crippen molar-refractivity contribution in [2.75, 3.05) is 0 Å². The minimum Gasteiger partial charge on any atom is -0.550 e. The van der Waals surface area contributed by atoms with Crippen molar-refractivity contribution in [1.29, 1.82) is 0 Å². The second-order valence-corrected chi connectivity index (χ2v) is 5.02. The maximum Gasteiger partial charge on any atom is 0.0450 e. The SMILES string of the molecule is CC1(C)CC[C@@H](C(=O)[O-])C1(C)C. The van der Waals surface area contributed by atoms with Gasteiger partial charge in [-0.1, -0.05) is 27.7 Å². The topological polar surface area (TPSA) is 40.1 Å². The molecule has 0 heterocycles. The van der Waals surface area contributed by atoms with Crippen molar-refractivity contribution in [3.05, 3.63) is 0 Å². The van der Waals surface area contributed by atoms with Crippen molar-refractivity contribution >= 4 is 5.97 Å². The number of hydrogen-bond donors (Lipinski definition) is 0. The molecule has 1 rings (SSSR count). The summed E-state index contributed by atoms with van der Waals surface area (Å²) in [6, 6.07) is 0. The summed E-state index contributed by atoms with van der Waals surface area (Å²) >= 11 is 0. The second kappa shape index (κ2) is 2.48. The molecule has 0 unspecified atom stereocenters. The standard InChI is InChI=1S/C10H18O2/c1-9(2)6-5-7(8(11)12)10(9,3)4/h7H,5-6H2,1-4H3,(H,11,12)/p-1/t7-/m0/s1. The maximum atomic E-state index is 10.8. The lowest BCUT2D eigenvalue weighted by Gasteiger charge is -2.39. The molecule has 12 heavy (non-hydrogen) atoms. The van der Waals surface area contributed by atoms with Crippen LogP contribution < -0.4 is 5.11 Å². The Kier molecular flexibility index (Phi) is 1.97. The summed E-state index contributed by atoms with van der Waals surface area (Å²) in [6.07, 6.45) is 1.75. The Morgan fingerprint density at radius 2 is 1.83 bits per heavy atom. The van der Waals surface area contributed by atoms with Crippen molar-refractivity contribution in [3.63, 3.8) is 0 Å². The minimum absolute atomic E-state index is 0.123. The molecule has 0 bridgehead atoms. The summed E-state index contributed by atoms with van der Waals surface area (Å²) in [4.78, 5) is 10.8. The number of carboxylic acid groups (broad SMARTS) is 1. The Morgan fingerprint density at radius 1 is 1.33 bits per heavy atom. The van der Waals surface area contributed by atoms with Gasteiger partial charge in [0, 0.05) is 11.9 Å². The molecule has 0 spiro atoms. The van der Waals surface area contributed by atoms with Crippen LogP contribution in [-0.2, 0) is 4.79 Å². The molecule has 1 fully saturated rings. The number of aliphatic carboxylic acids is 1. The van der Waals surface area contributed by atoms with Gasteiger partial charge >= 0.3 is 0 Å². The van der Waals surface area contributed by atoms with Gasteiger partial charge in [-0.15, -0.1) is 0 Å². The van der Waals surface area contributed by atoms with Crippen LogP contribution in [0.4, 0.5) is 0 Å². The summed E-state index contributed by atoms with van der Waals surface area (Å²) in [5, 5.41) is 10.8. The molecule has 1 atom stereocenters. The van der Waals surface area contributed by atoms with E-state index in [9.17, 15) is 9.90 Å². The number of hydrogen-bond acceptors (Lipinski definition) is 2. The largest absolute Gasteiger partial charge is 0.550 e. The first-order valence-corrected chi connectivity index (χ1v) is 4.50. The van der Waals surface area contributed by atoms with Crippen LogP contribution >= 0.6 is 0 Å². The van der Waals surface area contributed by atoms with Gasteiger partial charge in [-0.25, -0.2) is 0 Å². The molecule has 0 radical (unpaired) electrons. The number of carbonyl (C=O) groups is 1. The van der Waals surface area contributed by atoms with Gasteiger partial charge in [-0.3, -0.25) is 0 Å². The van der Waals surface area contributed by atoms with Gasteiger partial charge in [0.05, 0.1) is 0 Å². The zero-order valence-corrected chi connectivity index (χ0v) is 8.31. The number of carboxylic acids is 1. The summed E-state index contributed by atoms with van der Waals surface area (Å²) in [6.45, 7) is 8.33. The van der Waals surface area contributed by atoms with Crippen LogP contribution in [0.2, 0.25) is 0 Å². The van der Waals surface area contributed by atoms with Crippen molar-refractivity contribution in [3.8, 4) is 0 Å². The predicted octanol–water partition coefficient (Wildman–Crippen LogP) is 1.20. The highest BCUT2D eigenvalue weighted by molar-refractivity contribution is 5.69. The first kappa shape index (κ1) is 9.56. The molecule has 2 nitrogen and oxygen atoms in total. The highest BCUT2D eigenvalue weighted by atomic mass is 16.4. The van der Waals surface area contributed by atoms with Gasteiger partial charge in [0.15, 0.2) is 0 Å². The van der Waals surface area contributed by atoms with Crippen LogP contribution in [-0.4, -0.2) is 5.97 Å². The summed E-state index contributed by atoms with van der Waals surface area (Å²) in [5.41, 5.74) is -0.0103. The van der Waals surface area contributed by atoms with Crippen molar-refractivity contribution in [2.45, 2.75) is 40.5 Å². The smallest absolute Gasteiger partial charge is 0.0450 e. The summed E-state index contributed by atoms with van der Waals surface area (Å²) < 4.78 is 0. The first-order chi connectivity index (χ1) is 5.29. The van der Waals surface area contributed by atoms with E-state index in [4.69, 9.17) is 0 Å². The van der Waals surface area contributed by atoms with E-state index in [0.29, 0.717) is 0 Å². The van der Waals surface area contributed by atoms with Crippen LogP contribution in [0.25, 0.3) is 0 Å². The van der Waals surface area contributed by atoms with Crippen LogP contribution in [0, 0.1) is 16.7 Å². The van der Waals surface area contributed by atoms with E-state index in [1.54, 1.807) is 0 Å². The Hall–Kier alpha value is -0.530. The van der Waals surface area contributed by atoms with Crippen LogP contribution in [0.1, 0.15) is 40.5 Å². The van der Waals surface area contributed by atoms with Crippen LogP contribution in [0.15, 0.2) is 0 Å². The molecule has 0 saturated heterocycles. The fourth-order valence-electron chi connectivity index (χ4n) is 2.07. The third-order valence-corrected chi connectivity index (χ3v) is 3.96. The fourth-order valence-corrected chi connectivity index (χ4v) is 2.07. The first-order valence-electron chi connectivity index (χ1n) is 4.50. The molecular weight excluding hydrogens is 152 g/mol. The molecule has 0 aliphatic heterocycles. The lowest BCUT2D eigenvalue weighted by atomic mass is 9.67. The van der Waals surface area contributed by atoms with Gasteiger partial charge in [-0.2, -0.15) is 0 Å². The van der Waals surface area contributed by atoms with Gasteiger partial charge in [0.25, 0.3) is 0 Å². The molecule has 1 saturated carbocycles. The zero-order valence-electron chi connectivity index (χ0n) is 8.31. The molecule has 0 aromatic rings. The molecule has 0 aromatic carbocycles. The Balaban J connectivity index is 2.93. The van der Waals surface area contributed by atoms with Gasteiger partial charge in [0.2, 0.25) is 0 Å². The Bertz CT molecular complexity index is 204. The zero-order chi connectivity index (χ0) is 9.57. The average Bonchev–Trinajstić information content (AvgIpc) is 2.03. The quantitative estimate of drug-likeness (QED) is 0.591. The highest BCUT2D eigenvalue weighted by Gasteiger charge is 2.48. The lowest BCUT2D eigenvalue weighted by molar-refractivity contribution is -0.315. The molecule has 1 aliphatic rings. The van der Waals surface area contributed by atoms with E-state index in [2.05, 4.69) is 13.8 Å². The summed E-state index contributed by atoms with van der Waals surface area (Å²) in [5.74, 6) is -1.15. The van der Waals surface area contributed by atoms with Crippen LogP contribution in [0.3, 0.4) is 0 Å². The average molecular weight is 169 g/mol. The molecule has 1 aliphatic carbocycles. The number of carbonyl (C=O) groups excluding carboxylic acids is 1. The fraction of sp³-hybridized carbons (Fsp3) is 0.900. The minimum atomic E-state index is -0.884. The molecule has 0 aromatic heterocycles. The van der Waals surface area contributed by atoms with E-state index in [-0.39, 0.29) is 16.7 Å². The molecule has 0 N–H and O–H groups in total. The third kappa shape index (κ3) is 1.13. The molecule has 70 valence electrons. The summed E-state index contributed by atoms with van der Waals surface area (Å²) in [7, 11) is 0. The van der Waals surface area contributed by atoms with Gasteiger partial charge in [0.1, 0.15) is 0 Å². The van der Waals surface area contributed by atoms with Crippen molar-refractivity contribution in [2.24, 2.45) is 16.7 Å². The van der Waals surface area contributed by atoms with E-state index in [0.717, 1.165) is 12.8 Å². The third-order valence-electron chi connectivity index (χ3n) is 3.96. The molecule has 0 amide bonds. The van der Waals surface area contributed by atoms with Crippen molar-refractivity contribution < 1.29 is 9.90 Å². The highest BCUT2D eigenvalue weighted by Crippen LogP contribution is 2.55. The monoisotopic (exact) mass is 169 g/mol. The normalized spacial score (nSPS) is 31.8.